The minimum atomic E-state index is -0.190. The number of rotatable bonds is 2. The van der Waals surface area contributed by atoms with Crippen molar-refractivity contribution in [3.63, 3.8) is 0 Å². The molecule has 3 N–H and O–H groups in total. The van der Waals surface area contributed by atoms with Crippen molar-refractivity contribution in [1.82, 2.24) is 0 Å². The lowest BCUT2D eigenvalue weighted by Gasteiger charge is -2.07. The van der Waals surface area contributed by atoms with Crippen molar-refractivity contribution in [2.45, 2.75) is 0 Å². The fourth-order valence-corrected chi connectivity index (χ4v) is 2.01. The topological polar surface area (TPSA) is 55.1 Å². The first kappa shape index (κ1) is 11.9. The summed E-state index contributed by atoms with van der Waals surface area (Å²) in [5.74, 6) is -0.190. The number of amides is 1. The molecule has 0 heterocycles. The van der Waals surface area contributed by atoms with Crippen LogP contribution in [0.15, 0.2) is 48.5 Å². The Labute approximate surface area is 113 Å². The van der Waals surface area contributed by atoms with Gasteiger partial charge in [-0.15, -0.1) is 0 Å². The molecule has 0 radical (unpaired) electrons. The zero-order valence-electron chi connectivity index (χ0n) is 8.98. The molecule has 0 saturated heterocycles. The predicted octanol–water partition coefficient (Wildman–Crippen LogP) is 3.13. The van der Waals surface area contributed by atoms with Gasteiger partial charge in [-0.25, -0.2) is 0 Å². The molecule has 0 saturated carbocycles. The number of halogens is 1. The molecular formula is C13H11IN2O. The Kier molecular flexibility index (Phi) is 3.63. The van der Waals surface area contributed by atoms with Gasteiger partial charge in [-0.1, -0.05) is 18.2 Å². The number of hydrogen-bond donors (Lipinski definition) is 2. The molecule has 3 nitrogen and oxygen atoms in total. The van der Waals surface area contributed by atoms with Crippen LogP contribution in [-0.4, -0.2) is 5.91 Å². The summed E-state index contributed by atoms with van der Waals surface area (Å²) in [4.78, 5) is 12.0. The summed E-state index contributed by atoms with van der Waals surface area (Å²) in [5, 5.41) is 2.82. The number of carbonyl (C=O) groups excluding carboxylic acids is 1. The maximum absolute atomic E-state index is 12.0. The molecule has 0 spiro atoms. The summed E-state index contributed by atoms with van der Waals surface area (Å²) in [6.07, 6.45) is 0. The van der Waals surface area contributed by atoms with Crippen molar-refractivity contribution in [2.75, 3.05) is 11.1 Å². The monoisotopic (exact) mass is 338 g/mol. The maximum atomic E-state index is 12.0. The molecule has 86 valence electrons. The second-order valence-corrected chi connectivity index (χ2v) is 4.80. The third kappa shape index (κ3) is 2.97. The summed E-state index contributed by atoms with van der Waals surface area (Å²) < 4.78 is 1.07. The van der Waals surface area contributed by atoms with Crippen LogP contribution in [0.5, 0.6) is 0 Å². The van der Waals surface area contributed by atoms with Gasteiger partial charge in [-0.05, 0) is 52.9 Å². The molecule has 0 atom stereocenters. The first-order valence-electron chi connectivity index (χ1n) is 5.08. The zero-order valence-corrected chi connectivity index (χ0v) is 11.1. The summed E-state index contributed by atoms with van der Waals surface area (Å²) >= 11 is 2.20. The molecule has 0 aliphatic rings. The van der Waals surface area contributed by atoms with Gasteiger partial charge in [0, 0.05) is 14.9 Å². The van der Waals surface area contributed by atoms with Gasteiger partial charge in [0.25, 0.3) is 5.91 Å². The first-order valence-corrected chi connectivity index (χ1v) is 6.16. The predicted molar refractivity (Wildman–Crippen MR) is 78.0 cm³/mol. The smallest absolute Gasteiger partial charge is 0.257 e. The number of nitrogens with one attached hydrogen (secondary N) is 1. The molecule has 0 aliphatic carbocycles. The summed E-state index contributed by atoms with van der Waals surface area (Å²) in [5.41, 5.74) is 7.49. The van der Waals surface area contributed by atoms with Crippen LogP contribution in [0.4, 0.5) is 11.4 Å². The van der Waals surface area contributed by atoms with Crippen molar-refractivity contribution in [3.05, 3.63) is 57.7 Å². The molecule has 17 heavy (non-hydrogen) atoms. The number of anilines is 2. The number of hydrogen-bond acceptors (Lipinski definition) is 2. The van der Waals surface area contributed by atoms with E-state index in [0.29, 0.717) is 11.3 Å². The highest BCUT2D eigenvalue weighted by molar-refractivity contribution is 14.1. The molecule has 1 amide bonds. The van der Waals surface area contributed by atoms with Gasteiger partial charge in [0.15, 0.2) is 0 Å². The zero-order chi connectivity index (χ0) is 12.3. The average Bonchev–Trinajstić information content (AvgIpc) is 2.29. The number of para-hydroxylation sites is 1. The fourth-order valence-electron chi connectivity index (χ4n) is 1.47. The van der Waals surface area contributed by atoms with E-state index in [9.17, 15) is 4.79 Å². The Hall–Kier alpha value is -1.56. The second-order valence-electron chi connectivity index (χ2n) is 3.55. The van der Waals surface area contributed by atoms with Crippen LogP contribution < -0.4 is 11.1 Å². The first-order chi connectivity index (χ1) is 8.16. The quantitative estimate of drug-likeness (QED) is 0.653. The van der Waals surface area contributed by atoms with E-state index in [1.807, 2.05) is 24.3 Å². The third-order valence-electron chi connectivity index (χ3n) is 2.29. The summed E-state index contributed by atoms with van der Waals surface area (Å²) in [6, 6.07) is 14.6. The Morgan fingerprint density at radius 1 is 1.12 bits per heavy atom. The van der Waals surface area contributed by atoms with Gasteiger partial charge in [0.2, 0.25) is 0 Å². The van der Waals surface area contributed by atoms with Crippen LogP contribution in [0.3, 0.4) is 0 Å². The van der Waals surface area contributed by atoms with Crippen molar-refractivity contribution >= 4 is 39.9 Å². The standard InChI is InChI=1S/C13H11IN2O/c14-9-4-3-5-10(8-9)16-13(17)11-6-1-2-7-12(11)15/h1-8H,15H2,(H,16,17). The molecule has 0 fully saturated rings. The van der Waals surface area contributed by atoms with E-state index < -0.39 is 0 Å². The van der Waals surface area contributed by atoms with Crippen LogP contribution in [0, 0.1) is 3.57 Å². The lowest BCUT2D eigenvalue weighted by Crippen LogP contribution is -2.13. The van der Waals surface area contributed by atoms with Crippen molar-refractivity contribution in [3.8, 4) is 0 Å². The molecule has 0 aromatic heterocycles. The Balaban J connectivity index is 2.20. The van der Waals surface area contributed by atoms with Gasteiger partial charge >= 0.3 is 0 Å². The van der Waals surface area contributed by atoms with Gasteiger partial charge in [0.05, 0.1) is 5.56 Å². The van der Waals surface area contributed by atoms with E-state index in [0.717, 1.165) is 9.26 Å². The van der Waals surface area contributed by atoms with Gasteiger partial charge < -0.3 is 11.1 Å². The molecule has 2 aromatic rings. The van der Waals surface area contributed by atoms with Crippen LogP contribution in [-0.2, 0) is 0 Å². The molecular weight excluding hydrogens is 327 g/mol. The average molecular weight is 338 g/mol. The van der Waals surface area contributed by atoms with E-state index in [-0.39, 0.29) is 5.91 Å². The normalized spacial score (nSPS) is 9.94. The lowest BCUT2D eigenvalue weighted by molar-refractivity contribution is 0.102. The minimum Gasteiger partial charge on any atom is -0.398 e. The fraction of sp³-hybridized carbons (Fsp3) is 0. The molecule has 0 unspecified atom stereocenters. The van der Waals surface area contributed by atoms with Crippen molar-refractivity contribution in [2.24, 2.45) is 0 Å². The van der Waals surface area contributed by atoms with Crippen molar-refractivity contribution < 1.29 is 4.79 Å². The number of nitrogen functional groups attached to an aromatic ring is 1. The van der Waals surface area contributed by atoms with E-state index >= 15 is 0 Å². The van der Waals surface area contributed by atoms with Crippen LogP contribution >= 0.6 is 22.6 Å². The highest BCUT2D eigenvalue weighted by Gasteiger charge is 2.08. The van der Waals surface area contributed by atoms with Gasteiger partial charge in [-0.2, -0.15) is 0 Å². The number of nitrogens with two attached hydrogens (primary N) is 1. The minimum absolute atomic E-state index is 0.190. The molecule has 2 rings (SSSR count). The Morgan fingerprint density at radius 3 is 2.59 bits per heavy atom. The van der Waals surface area contributed by atoms with Gasteiger partial charge in [-0.3, -0.25) is 4.79 Å². The molecule has 4 heteroatoms. The van der Waals surface area contributed by atoms with E-state index in [1.165, 1.54) is 0 Å². The van der Waals surface area contributed by atoms with Crippen LogP contribution in [0.25, 0.3) is 0 Å². The highest BCUT2D eigenvalue weighted by atomic mass is 127. The SMILES string of the molecule is Nc1ccccc1C(=O)Nc1cccc(I)c1. The van der Waals surface area contributed by atoms with Gasteiger partial charge in [0.1, 0.15) is 0 Å². The third-order valence-corrected chi connectivity index (χ3v) is 2.96. The van der Waals surface area contributed by atoms with Crippen LogP contribution in [0.1, 0.15) is 10.4 Å². The Bertz CT molecular complexity index is 555. The van der Waals surface area contributed by atoms with E-state index in [2.05, 4.69) is 27.9 Å². The molecule has 0 aliphatic heterocycles. The van der Waals surface area contributed by atoms with Crippen molar-refractivity contribution in [1.29, 1.82) is 0 Å². The highest BCUT2D eigenvalue weighted by Crippen LogP contribution is 2.16. The number of benzene rings is 2. The largest absolute Gasteiger partial charge is 0.398 e. The molecule has 0 bridgehead atoms. The Morgan fingerprint density at radius 2 is 1.88 bits per heavy atom. The van der Waals surface area contributed by atoms with Crippen LogP contribution in [0.2, 0.25) is 0 Å². The summed E-state index contributed by atoms with van der Waals surface area (Å²) in [6.45, 7) is 0. The maximum Gasteiger partial charge on any atom is 0.257 e. The lowest BCUT2D eigenvalue weighted by atomic mass is 10.1. The number of carbonyl (C=O) groups is 1. The van der Waals surface area contributed by atoms with E-state index in [1.54, 1.807) is 24.3 Å². The van der Waals surface area contributed by atoms with E-state index in [4.69, 9.17) is 5.73 Å². The summed E-state index contributed by atoms with van der Waals surface area (Å²) in [7, 11) is 0. The second kappa shape index (κ2) is 5.18. The molecule has 2 aromatic carbocycles.